The van der Waals surface area contributed by atoms with Gasteiger partial charge in [0.25, 0.3) is 0 Å². The van der Waals surface area contributed by atoms with Crippen molar-refractivity contribution in [3.05, 3.63) is 0 Å². The van der Waals surface area contributed by atoms with Crippen molar-refractivity contribution in [3.8, 4) is 0 Å². The minimum Gasteiger partial charge on any atom is -0.456 e. The zero-order valence-corrected chi connectivity index (χ0v) is 28.4. The molecule has 2 unspecified atom stereocenters. The first-order valence-corrected chi connectivity index (χ1v) is 18.0. The lowest BCUT2D eigenvalue weighted by Crippen LogP contribution is -2.37. The maximum absolute atomic E-state index is 12.2. The number of esters is 1. The highest BCUT2D eigenvalue weighted by Crippen LogP contribution is 2.43. The fourth-order valence-corrected chi connectivity index (χ4v) is 5.03. The number of rotatable bonds is 29. The third-order valence-electron chi connectivity index (χ3n) is 6.89. The molecule has 0 saturated heterocycles. The van der Waals surface area contributed by atoms with E-state index in [4.69, 9.17) is 18.5 Å². The number of amides is 1. The summed E-state index contributed by atoms with van der Waals surface area (Å²) in [6.07, 6.45) is 19.7. The van der Waals surface area contributed by atoms with Gasteiger partial charge < -0.3 is 24.2 Å². The Balaban J connectivity index is 3.97. The highest BCUT2D eigenvalue weighted by atomic mass is 31.2. The molecule has 0 rings (SSSR count). The van der Waals surface area contributed by atoms with Crippen LogP contribution in [0, 0.1) is 0 Å². The van der Waals surface area contributed by atoms with Crippen molar-refractivity contribution in [2.75, 3.05) is 54.1 Å². The van der Waals surface area contributed by atoms with E-state index in [1.807, 2.05) is 28.1 Å². The van der Waals surface area contributed by atoms with Gasteiger partial charge in [-0.1, -0.05) is 110 Å². The number of likely N-dealkylation sites (N-methyl/N-ethyl adjacent to an activating group) is 1. The summed E-state index contributed by atoms with van der Waals surface area (Å²) in [7, 11) is 1.44. The number of nitrogens with one attached hydrogen (secondary N) is 1. The molecule has 0 aliphatic carbocycles. The number of hydrogen-bond donors (Lipinski definition) is 2. The van der Waals surface area contributed by atoms with E-state index in [1.165, 1.54) is 83.5 Å². The van der Waals surface area contributed by atoms with E-state index < -0.39 is 32.6 Å². The third-order valence-corrected chi connectivity index (χ3v) is 7.88. The van der Waals surface area contributed by atoms with Crippen LogP contribution in [-0.4, -0.2) is 81.6 Å². The number of alkyl carbamates (subject to hydrolysis) is 1. The first-order chi connectivity index (χ1) is 20.0. The average Bonchev–Trinajstić information content (AvgIpc) is 2.91. The smallest absolute Gasteiger partial charge is 0.456 e. The summed E-state index contributed by atoms with van der Waals surface area (Å²) >= 11 is 0. The number of nitrogens with zero attached hydrogens (tertiary/aromatic N) is 1. The molecule has 0 aliphatic rings. The summed E-state index contributed by atoms with van der Waals surface area (Å²) in [5.74, 6) is -0.498. The molecule has 42 heavy (non-hydrogen) atoms. The molecule has 0 aromatic heterocycles. The first-order valence-electron chi connectivity index (χ1n) is 16.5. The van der Waals surface area contributed by atoms with Crippen LogP contribution >= 0.6 is 7.82 Å². The number of phosphoric ester groups is 1. The second-order valence-corrected chi connectivity index (χ2v) is 13.8. The Morgan fingerprint density at radius 1 is 0.738 bits per heavy atom. The Bertz CT molecular complexity index is 718. The van der Waals surface area contributed by atoms with Crippen LogP contribution in [0.4, 0.5) is 4.79 Å². The first kappa shape index (κ1) is 40.8. The van der Waals surface area contributed by atoms with E-state index in [-0.39, 0.29) is 19.6 Å². The van der Waals surface area contributed by atoms with E-state index in [0.29, 0.717) is 24.0 Å². The predicted molar refractivity (Wildman–Crippen MR) is 168 cm³/mol. The van der Waals surface area contributed by atoms with Crippen LogP contribution in [0.3, 0.4) is 0 Å². The summed E-state index contributed by atoms with van der Waals surface area (Å²) in [4.78, 5) is 34.0. The zero-order valence-electron chi connectivity index (χ0n) is 27.5. The monoisotopic (exact) mass is 623 g/mol. The minimum absolute atomic E-state index is 0.0236. The van der Waals surface area contributed by atoms with Gasteiger partial charge in [-0.15, -0.1) is 0 Å². The van der Waals surface area contributed by atoms with Crippen LogP contribution in [-0.2, 0) is 27.9 Å². The molecule has 250 valence electrons. The number of carbonyl (C=O) groups excluding carboxylic acids is 2. The Hall–Kier alpha value is -1.19. The van der Waals surface area contributed by atoms with E-state index in [2.05, 4.69) is 12.2 Å². The zero-order chi connectivity index (χ0) is 31.5. The SMILES string of the molecule is CCCCCCCCCCCCCCCCCCNC(=O)OCC(COP(=O)(O)OCC[N+](C)(C)C)OC(=O)CCC. The van der Waals surface area contributed by atoms with E-state index in [0.717, 1.165) is 19.3 Å². The second-order valence-electron chi connectivity index (χ2n) is 12.3. The van der Waals surface area contributed by atoms with Crippen LogP contribution in [0.15, 0.2) is 0 Å². The van der Waals surface area contributed by atoms with Gasteiger partial charge in [-0.2, -0.15) is 0 Å². The average molecular weight is 624 g/mol. The number of phosphoric acid groups is 1. The summed E-state index contributed by atoms with van der Waals surface area (Å²) in [5.41, 5.74) is 0. The predicted octanol–water partition coefficient (Wildman–Crippen LogP) is 7.53. The van der Waals surface area contributed by atoms with Gasteiger partial charge in [-0.3, -0.25) is 13.8 Å². The maximum atomic E-state index is 12.2. The molecule has 2 N–H and O–H groups in total. The quantitative estimate of drug-likeness (QED) is 0.0380. The molecule has 1 amide bonds. The van der Waals surface area contributed by atoms with Crippen molar-refractivity contribution in [2.24, 2.45) is 0 Å². The highest BCUT2D eigenvalue weighted by molar-refractivity contribution is 7.47. The summed E-state index contributed by atoms with van der Waals surface area (Å²) in [5, 5.41) is 2.71. The molecule has 0 saturated carbocycles. The standard InChI is InChI=1S/C31H63N2O8P/c1-6-8-9-10-11-12-13-14-15-16-17-18-19-20-21-22-24-32-31(35)38-27-29(41-30(34)23-7-2)28-40-42(36,37)39-26-25-33(3,4)5/h29H,6-28H2,1-5H3,(H-,32,35,36,37)/p+1. The molecule has 10 nitrogen and oxygen atoms in total. The number of unbranched alkanes of at least 4 members (excludes halogenated alkanes) is 15. The van der Waals surface area contributed by atoms with Crippen LogP contribution in [0.1, 0.15) is 129 Å². The maximum Gasteiger partial charge on any atom is 0.472 e. The molecule has 0 spiro atoms. The second kappa shape index (κ2) is 26.2. The van der Waals surface area contributed by atoms with Gasteiger partial charge in [0.15, 0.2) is 6.10 Å². The normalized spacial score (nSPS) is 13.9. The number of ether oxygens (including phenoxy) is 2. The van der Waals surface area contributed by atoms with Crippen molar-refractivity contribution >= 4 is 19.9 Å². The van der Waals surface area contributed by atoms with Gasteiger partial charge >= 0.3 is 19.9 Å². The Morgan fingerprint density at radius 3 is 1.71 bits per heavy atom. The lowest BCUT2D eigenvalue weighted by molar-refractivity contribution is -0.870. The number of hydrogen-bond acceptors (Lipinski definition) is 7. The molecule has 0 radical (unpaired) electrons. The molecule has 0 bridgehead atoms. The van der Waals surface area contributed by atoms with Crippen molar-refractivity contribution in [1.29, 1.82) is 0 Å². The van der Waals surface area contributed by atoms with Gasteiger partial charge in [-0.25, -0.2) is 9.36 Å². The molecule has 2 atom stereocenters. The van der Waals surface area contributed by atoms with Crippen molar-refractivity contribution in [2.45, 2.75) is 136 Å². The molecule has 0 aliphatic heterocycles. The van der Waals surface area contributed by atoms with Crippen LogP contribution < -0.4 is 5.32 Å². The fraction of sp³-hybridized carbons (Fsp3) is 0.935. The van der Waals surface area contributed by atoms with Crippen molar-refractivity contribution in [1.82, 2.24) is 5.32 Å². The van der Waals surface area contributed by atoms with E-state index >= 15 is 0 Å². The topological polar surface area (TPSA) is 120 Å². The van der Waals surface area contributed by atoms with Crippen molar-refractivity contribution in [3.63, 3.8) is 0 Å². The van der Waals surface area contributed by atoms with Crippen molar-refractivity contribution < 1.29 is 42.1 Å². The molecule has 0 aromatic carbocycles. The lowest BCUT2D eigenvalue weighted by Gasteiger charge is -2.24. The van der Waals surface area contributed by atoms with E-state index in [1.54, 1.807) is 0 Å². The highest BCUT2D eigenvalue weighted by Gasteiger charge is 2.26. The number of carbonyl (C=O) groups is 2. The minimum atomic E-state index is -4.34. The largest absolute Gasteiger partial charge is 0.472 e. The van der Waals surface area contributed by atoms with Gasteiger partial charge in [0, 0.05) is 13.0 Å². The van der Waals surface area contributed by atoms with Gasteiger partial charge in [0.1, 0.15) is 19.8 Å². The summed E-state index contributed by atoms with van der Waals surface area (Å²) in [6.45, 7) is 4.40. The number of quaternary nitrogens is 1. The molecular weight excluding hydrogens is 559 g/mol. The van der Waals surface area contributed by atoms with Crippen LogP contribution in [0.5, 0.6) is 0 Å². The Morgan fingerprint density at radius 2 is 1.24 bits per heavy atom. The fourth-order valence-electron chi connectivity index (χ4n) is 4.29. The third kappa shape index (κ3) is 28.9. The van der Waals surface area contributed by atoms with Gasteiger partial charge in [-0.05, 0) is 12.8 Å². The lowest BCUT2D eigenvalue weighted by atomic mass is 10.0. The Labute approximate surface area is 256 Å². The van der Waals surface area contributed by atoms with Crippen LogP contribution in [0.25, 0.3) is 0 Å². The molecule has 0 aromatic rings. The van der Waals surface area contributed by atoms with Gasteiger partial charge in [0.2, 0.25) is 0 Å². The summed E-state index contributed by atoms with van der Waals surface area (Å²) < 4.78 is 33.2. The Kier molecular flexibility index (Phi) is 25.5. The molecular formula is C31H64N2O8P+. The van der Waals surface area contributed by atoms with Gasteiger partial charge in [0.05, 0.1) is 27.7 Å². The summed E-state index contributed by atoms with van der Waals surface area (Å²) in [6, 6.07) is 0. The molecule has 0 fully saturated rings. The molecule has 11 heteroatoms. The van der Waals surface area contributed by atoms with E-state index in [9.17, 15) is 19.0 Å². The van der Waals surface area contributed by atoms with Crippen LogP contribution in [0.2, 0.25) is 0 Å². The molecule has 0 heterocycles.